The number of rotatable bonds is 8. The fourth-order valence-corrected chi connectivity index (χ4v) is 1.14. The molecule has 0 saturated carbocycles. The molecule has 6 nitrogen and oxygen atoms in total. The summed E-state index contributed by atoms with van der Waals surface area (Å²) in [5.74, 6) is 0. The van der Waals surface area contributed by atoms with Crippen LogP contribution >= 0.6 is 0 Å². The van der Waals surface area contributed by atoms with Crippen LogP contribution in [0.25, 0.3) is 0 Å². The van der Waals surface area contributed by atoms with Crippen LogP contribution in [0.4, 0.5) is 0 Å². The number of carbonyl (C=O) groups excluding carboxylic acids is 2. The van der Waals surface area contributed by atoms with Crippen LogP contribution in [0.2, 0.25) is 0 Å². The van der Waals surface area contributed by atoms with E-state index in [1.54, 1.807) is 0 Å². The van der Waals surface area contributed by atoms with E-state index in [1.165, 1.54) is 51.4 Å². The van der Waals surface area contributed by atoms with Gasteiger partial charge in [0.2, 0.25) is 0 Å². The molecule has 21 heavy (non-hydrogen) atoms. The number of hydrogen-bond donors (Lipinski definition) is 2. The topological polar surface area (TPSA) is 132 Å². The zero-order valence-corrected chi connectivity index (χ0v) is 14.3. The molecule has 0 fully saturated rings. The van der Waals surface area contributed by atoms with Gasteiger partial charge in [0, 0.05) is 12.9 Å². The van der Waals surface area contributed by atoms with Gasteiger partial charge in [-0.2, -0.15) is 0 Å². The number of nitrogens with two attached hydrogens (primary N) is 2. The van der Waals surface area contributed by atoms with Crippen LogP contribution < -0.4 is 21.7 Å². The van der Waals surface area contributed by atoms with Gasteiger partial charge in [0.25, 0.3) is 0 Å². The van der Waals surface area contributed by atoms with Gasteiger partial charge < -0.3 is 31.3 Å². The van der Waals surface area contributed by atoms with Crippen LogP contribution in [0.3, 0.4) is 0 Å². The molecule has 7 heteroatoms. The summed E-state index contributed by atoms with van der Waals surface area (Å²) >= 11 is 0. The van der Waals surface area contributed by atoms with Crippen molar-refractivity contribution in [3.05, 3.63) is 0 Å². The zero-order valence-electron chi connectivity index (χ0n) is 13.3. The van der Waals surface area contributed by atoms with Crippen LogP contribution in [-0.2, 0) is 26.7 Å². The van der Waals surface area contributed by atoms with E-state index in [1.807, 2.05) is 0 Å². The van der Waals surface area contributed by atoms with Gasteiger partial charge in [-0.3, -0.25) is 0 Å². The summed E-state index contributed by atoms with van der Waals surface area (Å²) in [4.78, 5) is 16.5. The van der Waals surface area contributed by atoms with E-state index in [-0.39, 0.29) is 17.1 Å². The number of unbranched alkanes of at least 4 members (excludes halogenated alkanes) is 6. The average Bonchev–Trinajstić information content (AvgIpc) is 2.43. The van der Waals surface area contributed by atoms with E-state index in [0.29, 0.717) is 0 Å². The van der Waals surface area contributed by atoms with Crippen molar-refractivity contribution in [2.75, 3.05) is 13.1 Å². The molecule has 0 aliphatic carbocycles. The monoisotopic (exact) mass is 355 g/mol. The maximum Gasteiger partial charge on any atom is 2.00 e. The molecule has 0 aromatic rings. The molecule has 0 rings (SSSR count). The molecule has 0 aliphatic rings. The van der Waals surface area contributed by atoms with Crippen molar-refractivity contribution in [1.29, 1.82) is 0 Å². The maximum absolute atomic E-state index is 8.25. The number of carbonyl (C=O) groups is 2. The smallest absolute Gasteiger partial charge is 0.554 e. The second-order valence-electron chi connectivity index (χ2n) is 3.89. The quantitative estimate of drug-likeness (QED) is 0.351. The minimum absolute atomic E-state index is 0. The molecular formula is C14H32CuN2O4. The molecule has 4 N–H and O–H groups in total. The molecule has 0 atom stereocenters. The Hall–Kier alpha value is -0.621. The van der Waals surface area contributed by atoms with Crippen molar-refractivity contribution in [3.63, 3.8) is 0 Å². The Morgan fingerprint density at radius 3 is 1.10 bits per heavy atom. The van der Waals surface area contributed by atoms with Gasteiger partial charge in [0.1, 0.15) is 0 Å². The third-order valence-corrected chi connectivity index (χ3v) is 2.12. The summed E-state index contributed by atoms with van der Waals surface area (Å²) in [7, 11) is 0. The van der Waals surface area contributed by atoms with E-state index in [0.717, 1.165) is 13.1 Å². The predicted molar refractivity (Wildman–Crippen MR) is 78.5 cm³/mol. The van der Waals surface area contributed by atoms with Crippen molar-refractivity contribution >= 4 is 12.9 Å². The standard InChI is InChI=1S/2C6H15N.2CH2O2.Cu/c2*1-2-3-4-5-6-7;2*2-1-3;/h2*2-7H2,1H3;2*1H,(H,2,3);/q;;;;+2/p-2. The van der Waals surface area contributed by atoms with Gasteiger partial charge in [-0.25, -0.2) is 0 Å². The Labute approximate surface area is 140 Å². The molecule has 1 radical (unpaired) electrons. The van der Waals surface area contributed by atoms with Crippen LogP contribution in [0.5, 0.6) is 0 Å². The maximum atomic E-state index is 8.25. The van der Waals surface area contributed by atoms with Gasteiger partial charge in [0.15, 0.2) is 0 Å². The van der Waals surface area contributed by atoms with Gasteiger partial charge in [-0.1, -0.05) is 52.4 Å². The first-order chi connectivity index (χ1) is 9.66. The Bertz CT molecular complexity index is 129. The summed E-state index contributed by atoms with van der Waals surface area (Å²) < 4.78 is 0. The predicted octanol–water partition coefficient (Wildman–Crippen LogP) is -0.219. The molecule has 0 aromatic carbocycles. The van der Waals surface area contributed by atoms with Crippen molar-refractivity contribution in [3.8, 4) is 0 Å². The second-order valence-corrected chi connectivity index (χ2v) is 3.89. The average molecular weight is 356 g/mol. The molecule has 0 aromatic heterocycles. The summed E-state index contributed by atoms with van der Waals surface area (Å²) in [5.41, 5.74) is 10.5. The third-order valence-electron chi connectivity index (χ3n) is 2.12. The minimum Gasteiger partial charge on any atom is -0.554 e. The Morgan fingerprint density at radius 1 is 0.714 bits per heavy atom. The van der Waals surface area contributed by atoms with E-state index >= 15 is 0 Å². The Balaban J connectivity index is -0.0000000576. The van der Waals surface area contributed by atoms with E-state index in [2.05, 4.69) is 13.8 Å². The second kappa shape index (κ2) is 50.6. The number of hydrogen-bond acceptors (Lipinski definition) is 6. The van der Waals surface area contributed by atoms with E-state index in [4.69, 9.17) is 31.3 Å². The van der Waals surface area contributed by atoms with E-state index < -0.39 is 12.9 Å². The van der Waals surface area contributed by atoms with Crippen molar-refractivity contribution in [2.24, 2.45) is 11.5 Å². The molecule has 0 aliphatic heterocycles. The van der Waals surface area contributed by atoms with Gasteiger partial charge in [-0.15, -0.1) is 0 Å². The third kappa shape index (κ3) is 107. The summed E-state index contributed by atoms with van der Waals surface area (Å²) in [6.07, 6.45) is 10.3. The minimum atomic E-state index is -0.500. The first-order valence-electron chi connectivity index (χ1n) is 7.17. The van der Waals surface area contributed by atoms with Crippen molar-refractivity contribution in [1.82, 2.24) is 0 Å². The first kappa shape index (κ1) is 32.4. The van der Waals surface area contributed by atoms with Gasteiger partial charge in [0.05, 0.1) is 0 Å². The van der Waals surface area contributed by atoms with Gasteiger partial charge in [-0.05, 0) is 25.9 Å². The molecule has 0 heterocycles. The van der Waals surface area contributed by atoms with Gasteiger partial charge >= 0.3 is 17.1 Å². The Morgan fingerprint density at radius 2 is 0.952 bits per heavy atom. The fraction of sp³-hybridized carbons (Fsp3) is 0.857. The van der Waals surface area contributed by atoms with Crippen LogP contribution in [-0.4, -0.2) is 26.0 Å². The molecule has 133 valence electrons. The normalized spacial score (nSPS) is 7.43. The van der Waals surface area contributed by atoms with Crippen LogP contribution in [0.15, 0.2) is 0 Å². The first-order valence-corrected chi connectivity index (χ1v) is 7.17. The molecule has 0 unspecified atom stereocenters. The molecule has 0 saturated heterocycles. The fourth-order valence-electron chi connectivity index (χ4n) is 1.14. The Kier molecular flexibility index (Phi) is 77.9. The van der Waals surface area contributed by atoms with Crippen molar-refractivity contribution in [2.45, 2.75) is 65.2 Å². The van der Waals surface area contributed by atoms with E-state index in [9.17, 15) is 0 Å². The van der Waals surface area contributed by atoms with Crippen molar-refractivity contribution < 1.29 is 36.9 Å². The van der Waals surface area contributed by atoms with Crippen LogP contribution in [0, 0.1) is 0 Å². The van der Waals surface area contributed by atoms with Crippen LogP contribution in [0.1, 0.15) is 65.2 Å². The molecule has 0 spiro atoms. The number of carboxylic acid groups (broad SMARTS) is 2. The summed E-state index contributed by atoms with van der Waals surface area (Å²) in [5, 5.41) is 16.5. The summed E-state index contributed by atoms with van der Waals surface area (Å²) in [6.45, 7) is 5.13. The molecule has 0 amide bonds. The largest absolute Gasteiger partial charge is 2.00 e. The summed E-state index contributed by atoms with van der Waals surface area (Å²) in [6, 6.07) is 0. The molecule has 0 bridgehead atoms. The zero-order chi connectivity index (χ0) is 16.5. The molecular weight excluding hydrogens is 324 g/mol. The SMILES string of the molecule is CCCCCCN.CCCCCCN.O=C[O-].O=C[O-].[Cu+2].